The number of aryl methyl sites for hydroxylation is 1. The SMILES string of the molecule is CC(C)=CCSc1cccc(C)c1N. The third kappa shape index (κ3) is 3.11. The summed E-state index contributed by atoms with van der Waals surface area (Å²) in [6.07, 6.45) is 2.21. The molecule has 76 valence electrons. The van der Waals surface area contributed by atoms with Gasteiger partial charge < -0.3 is 5.73 Å². The maximum absolute atomic E-state index is 5.96. The van der Waals surface area contributed by atoms with Gasteiger partial charge in [0.2, 0.25) is 0 Å². The highest BCUT2D eigenvalue weighted by molar-refractivity contribution is 7.99. The Morgan fingerprint density at radius 2 is 2.14 bits per heavy atom. The van der Waals surface area contributed by atoms with Gasteiger partial charge in [-0.1, -0.05) is 23.8 Å². The van der Waals surface area contributed by atoms with Crippen molar-refractivity contribution in [2.24, 2.45) is 0 Å². The van der Waals surface area contributed by atoms with Gasteiger partial charge in [0.25, 0.3) is 0 Å². The van der Waals surface area contributed by atoms with Crippen LogP contribution in [0.2, 0.25) is 0 Å². The molecule has 0 aromatic heterocycles. The fraction of sp³-hybridized carbons (Fsp3) is 0.333. The summed E-state index contributed by atoms with van der Waals surface area (Å²) in [5.74, 6) is 0.996. The average Bonchev–Trinajstić information content (AvgIpc) is 2.12. The van der Waals surface area contributed by atoms with Crippen molar-refractivity contribution in [1.29, 1.82) is 0 Å². The van der Waals surface area contributed by atoms with Gasteiger partial charge in [-0.15, -0.1) is 11.8 Å². The van der Waals surface area contributed by atoms with Gasteiger partial charge in [0.1, 0.15) is 0 Å². The smallest absolute Gasteiger partial charge is 0.0482 e. The number of benzene rings is 1. The molecule has 0 aliphatic carbocycles. The Kier molecular flexibility index (Phi) is 4.08. The van der Waals surface area contributed by atoms with E-state index in [1.54, 1.807) is 11.8 Å². The molecule has 0 aliphatic rings. The molecule has 0 fully saturated rings. The Bertz CT molecular complexity index is 338. The molecule has 0 saturated carbocycles. The Balaban J connectivity index is 2.68. The predicted molar refractivity (Wildman–Crippen MR) is 65.7 cm³/mol. The van der Waals surface area contributed by atoms with Gasteiger partial charge in [0.15, 0.2) is 0 Å². The predicted octanol–water partition coefficient (Wildman–Crippen LogP) is 3.64. The minimum atomic E-state index is 0.916. The van der Waals surface area contributed by atoms with E-state index in [0.29, 0.717) is 0 Å². The highest BCUT2D eigenvalue weighted by Gasteiger charge is 2.00. The first-order valence-electron chi connectivity index (χ1n) is 4.72. The third-order valence-electron chi connectivity index (χ3n) is 2.01. The zero-order valence-electron chi connectivity index (χ0n) is 9.00. The number of rotatable bonds is 3. The lowest BCUT2D eigenvalue weighted by Crippen LogP contribution is -1.92. The monoisotopic (exact) mass is 207 g/mol. The van der Waals surface area contributed by atoms with E-state index in [0.717, 1.165) is 17.0 Å². The topological polar surface area (TPSA) is 26.0 Å². The van der Waals surface area contributed by atoms with E-state index in [1.807, 2.05) is 13.0 Å². The van der Waals surface area contributed by atoms with E-state index < -0.39 is 0 Å². The maximum atomic E-state index is 5.96. The van der Waals surface area contributed by atoms with Gasteiger partial charge in [-0.25, -0.2) is 0 Å². The number of allylic oxidation sites excluding steroid dienone is 1. The Labute approximate surface area is 90.4 Å². The van der Waals surface area contributed by atoms with Crippen LogP contribution < -0.4 is 5.73 Å². The molecule has 0 aliphatic heterocycles. The van der Waals surface area contributed by atoms with E-state index in [9.17, 15) is 0 Å². The number of thioether (sulfide) groups is 1. The summed E-state index contributed by atoms with van der Waals surface area (Å²) in [5, 5.41) is 0. The zero-order valence-corrected chi connectivity index (χ0v) is 9.82. The lowest BCUT2D eigenvalue weighted by atomic mass is 10.2. The Morgan fingerprint density at radius 3 is 2.79 bits per heavy atom. The zero-order chi connectivity index (χ0) is 10.6. The van der Waals surface area contributed by atoms with Crippen LogP contribution >= 0.6 is 11.8 Å². The van der Waals surface area contributed by atoms with Gasteiger partial charge in [0.05, 0.1) is 0 Å². The van der Waals surface area contributed by atoms with Crippen LogP contribution in [0.1, 0.15) is 19.4 Å². The van der Waals surface area contributed by atoms with Crippen molar-refractivity contribution in [3.63, 3.8) is 0 Å². The summed E-state index contributed by atoms with van der Waals surface area (Å²) < 4.78 is 0. The normalized spacial score (nSPS) is 9.93. The number of para-hydroxylation sites is 1. The molecule has 14 heavy (non-hydrogen) atoms. The molecule has 2 heteroatoms. The van der Waals surface area contributed by atoms with Crippen LogP contribution in [0.25, 0.3) is 0 Å². The standard InChI is InChI=1S/C12H17NS/c1-9(2)7-8-14-11-6-4-5-10(3)12(11)13/h4-7H,8,13H2,1-3H3. The first kappa shape index (κ1) is 11.2. The molecule has 1 aromatic carbocycles. The molecule has 1 rings (SSSR count). The van der Waals surface area contributed by atoms with Crippen LogP contribution in [-0.4, -0.2) is 5.75 Å². The summed E-state index contributed by atoms with van der Waals surface area (Å²) in [7, 11) is 0. The summed E-state index contributed by atoms with van der Waals surface area (Å²) in [6.45, 7) is 6.26. The molecule has 1 aromatic rings. The number of anilines is 1. The van der Waals surface area contributed by atoms with Crippen LogP contribution in [0.15, 0.2) is 34.7 Å². The average molecular weight is 207 g/mol. The second kappa shape index (κ2) is 5.11. The molecule has 2 N–H and O–H groups in total. The molecule has 0 radical (unpaired) electrons. The summed E-state index contributed by atoms with van der Waals surface area (Å²) in [5.41, 5.74) is 9.38. The van der Waals surface area contributed by atoms with E-state index in [4.69, 9.17) is 5.73 Å². The fourth-order valence-corrected chi connectivity index (χ4v) is 2.17. The first-order valence-corrected chi connectivity index (χ1v) is 5.71. The van der Waals surface area contributed by atoms with Crippen LogP contribution in [0.3, 0.4) is 0 Å². The van der Waals surface area contributed by atoms with Crippen LogP contribution in [0, 0.1) is 6.92 Å². The highest BCUT2D eigenvalue weighted by Crippen LogP contribution is 2.27. The van der Waals surface area contributed by atoms with Gasteiger partial charge in [-0.05, 0) is 32.4 Å². The molecule has 0 heterocycles. The molecule has 0 atom stereocenters. The Hall–Kier alpha value is -0.890. The van der Waals surface area contributed by atoms with Crippen molar-refractivity contribution in [2.75, 3.05) is 11.5 Å². The summed E-state index contributed by atoms with van der Waals surface area (Å²) in [4.78, 5) is 1.18. The minimum Gasteiger partial charge on any atom is -0.398 e. The maximum Gasteiger partial charge on any atom is 0.0482 e. The van der Waals surface area contributed by atoms with Crippen LogP contribution in [-0.2, 0) is 0 Å². The quantitative estimate of drug-likeness (QED) is 0.465. The second-order valence-electron chi connectivity index (χ2n) is 3.58. The number of hydrogen-bond acceptors (Lipinski definition) is 2. The van der Waals surface area contributed by atoms with E-state index >= 15 is 0 Å². The Morgan fingerprint density at radius 1 is 1.43 bits per heavy atom. The first-order chi connectivity index (χ1) is 6.61. The van der Waals surface area contributed by atoms with Crippen molar-refractivity contribution in [3.05, 3.63) is 35.4 Å². The fourth-order valence-electron chi connectivity index (χ4n) is 1.08. The molecule has 0 unspecified atom stereocenters. The third-order valence-corrected chi connectivity index (χ3v) is 3.01. The molecule has 0 bridgehead atoms. The van der Waals surface area contributed by atoms with Gasteiger partial charge in [-0.3, -0.25) is 0 Å². The molecule has 0 spiro atoms. The largest absolute Gasteiger partial charge is 0.398 e. The van der Waals surface area contributed by atoms with Crippen molar-refractivity contribution in [3.8, 4) is 0 Å². The minimum absolute atomic E-state index is 0.916. The van der Waals surface area contributed by atoms with E-state index in [2.05, 4.69) is 32.1 Å². The lowest BCUT2D eigenvalue weighted by Gasteiger charge is -2.06. The molecule has 1 nitrogen and oxygen atoms in total. The van der Waals surface area contributed by atoms with E-state index in [1.165, 1.54) is 10.5 Å². The molecule has 0 amide bonds. The number of nitrogens with two attached hydrogens (primary N) is 1. The van der Waals surface area contributed by atoms with Gasteiger partial charge in [-0.2, -0.15) is 0 Å². The summed E-state index contributed by atoms with van der Waals surface area (Å²) >= 11 is 1.79. The van der Waals surface area contributed by atoms with Gasteiger partial charge in [0, 0.05) is 16.3 Å². The van der Waals surface area contributed by atoms with Crippen molar-refractivity contribution in [1.82, 2.24) is 0 Å². The lowest BCUT2D eigenvalue weighted by molar-refractivity contribution is 1.35. The van der Waals surface area contributed by atoms with Crippen molar-refractivity contribution < 1.29 is 0 Å². The number of hydrogen-bond donors (Lipinski definition) is 1. The molecular formula is C12H17NS. The van der Waals surface area contributed by atoms with Crippen molar-refractivity contribution >= 4 is 17.4 Å². The number of nitrogen functional groups attached to an aromatic ring is 1. The van der Waals surface area contributed by atoms with Crippen LogP contribution in [0.4, 0.5) is 5.69 Å². The molecule has 0 saturated heterocycles. The van der Waals surface area contributed by atoms with E-state index in [-0.39, 0.29) is 0 Å². The summed E-state index contributed by atoms with van der Waals surface area (Å²) in [6, 6.07) is 6.17. The van der Waals surface area contributed by atoms with Crippen molar-refractivity contribution in [2.45, 2.75) is 25.7 Å². The second-order valence-corrected chi connectivity index (χ2v) is 4.64. The van der Waals surface area contributed by atoms with Gasteiger partial charge >= 0.3 is 0 Å². The highest BCUT2D eigenvalue weighted by atomic mass is 32.2. The molecular weight excluding hydrogens is 190 g/mol. The van der Waals surface area contributed by atoms with Crippen LogP contribution in [0.5, 0.6) is 0 Å².